The molecule has 4 aromatic rings. The first-order valence-corrected chi connectivity index (χ1v) is 16.3. The quantitative estimate of drug-likeness (QED) is 0.0243. The molecular weight excluding hydrogens is 644 g/mol. The Morgan fingerprint density at radius 2 is 1.43 bits per heavy atom. The molecular formula is C38H41ClN4O6. The van der Waals surface area contributed by atoms with E-state index in [-0.39, 0.29) is 24.7 Å². The second kappa shape index (κ2) is 18.3. The van der Waals surface area contributed by atoms with E-state index in [9.17, 15) is 14.4 Å². The predicted molar refractivity (Wildman–Crippen MR) is 194 cm³/mol. The van der Waals surface area contributed by atoms with Crippen molar-refractivity contribution in [1.82, 2.24) is 16.0 Å². The van der Waals surface area contributed by atoms with Crippen LogP contribution in [0.1, 0.15) is 25.7 Å². The molecule has 0 fully saturated rings. The van der Waals surface area contributed by atoms with E-state index >= 15 is 0 Å². The van der Waals surface area contributed by atoms with Gasteiger partial charge in [-0.05, 0) is 71.0 Å². The molecule has 10 nitrogen and oxygen atoms in total. The van der Waals surface area contributed by atoms with E-state index in [2.05, 4.69) is 29.1 Å². The summed E-state index contributed by atoms with van der Waals surface area (Å²) in [5.74, 6) is -0.602. The zero-order valence-electron chi connectivity index (χ0n) is 27.4. The minimum Gasteiger partial charge on any atom is -0.489 e. The molecule has 49 heavy (non-hydrogen) atoms. The van der Waals surface area contributed by atoms with Crippen LogP contribution in [0.15, 0.2) is 98.1 Å². The van der Waals surface area contributed by atoms with Crippen LogP contribution in [0.5, 0.6) is 11.5 Å². The van der Waals surface area contributed by atoms with Crippen LogP contribution in [0.4, 0.5) is 0 Å². The largest absolute Gasteiger partial charge is 0.489 e. The van der Waals surface area contributed by atoms with Crippen molar-refractivity contribution in [1.29, 1.82) is 5.41 Å². The molecule has 2 amide bonds. The third kappa shape index (κ3) is 9.84. The number of unbranched alkanes of at least 4 members (excludes halogenated alkanes) is 1. The average Bonchev–Trinajstić information content (AvgIpc) is 3.11. The van der Waals surface area contributed by atoms with Crippen molar-refractivity contribution in [2.75, 3.05) is 26.9 Å². The summed E-state index contributed by atoms with van der Waals surface area (Å²) < 4.78 is 17.2. The number of halogens is 1. The predicted octanol–water partition coefficient (Wildman–Crippen LogP) is 6.26. The Balaban J connectivity index is 1.62. The number of benzene rings is 4. The van der Waals surface area contributed by atoms with Crippen LogP contribution >= 0.6 is 11.6 Å². The van der Waals surface area contributed by atoms with Crippen molar-refractivity contribution in [3.05, 3.63) is 98.1 Å². The second-order valence-corrected chi connectivity index (χ2v) is 11.6. The van der Waals surface area contributed by atoms with Crippen LogP contribution < -0.4 is 25.4 Å². The first-order chi connectivity index (χ1) is 23.8. The second-order valence-electron chi connectivity index (χ2n) is 11.2. The summed E-state index contributed by atoms with van der Waals surface area (Å²) in [4.78, 5) is 39.1. The van der Waals surface area contributed by atoms with E-state index in [1.165, 1.54) is 13.2 Å². The fourth-order valence-electron chi connectivity index (χ4n) is 5.52. The van der Waals surface area contributed by atoms with E-state index in [1.807, 2.05) is 72.8 Å². The van der Waals surface area contributed by atoms with Gasteiger partial charge < -0.3 is 30.2 Å². The lowest BCUT2D eigenvalue weighted by Gasteiger charge is -2.22. The molecule has 0 spiro atoms. The first-order valence-electron chi connectivity index (χ1n) is 15.9. The molecule has 0 heterocycles. The third-order valence-electron chi connectivity index (χ3n) is 7.80. The van der Waals surface area contributed by atoms with E-state index in [0.29, 0.717) is 37.5 Å². The topological polar surface area (TPSA) is 139 Å². The van der Waals surface area contributed by atoms with Crippen molar-refractivity contribution in [3.8, 4) is 22.6 Å². The third-order valence-corrected chi connectivity index (χ3v) is 7.94. The first kappa shape index (κ1) is 36.5. The van der Waals surface area contributed by atoms with Crippen LogP contribution in [0.3, 0.4) is 0 Å². The Kier molecular flexibility index (Phi) is 13.6. The van der Waals surface area contributed by atoms with Gasteiger partial charge in [0.1, 0.15) is 30.2 Å². The maximum Gasteiger partial charge on any atom is 0.328 e. The number of esters is 1. The minimum absolute atomic E-state index is 0.154. The Morgan fingerprint density at radius 3 is 2.00 bits per heavy atom. The van der Waals surface area contributed by atoms with Crippen molar-refractivity contribution in [2.45, 2.75) is 37.8 Å². The highest BCUT2D eigenvalue weighted by Crippen LogP contribution is 2.45. The fraction of sp³-hybridized carbons (Fsp3) is 0.263. The van der Waals surface area contributed by atoms with Gasteiger partial charge in [-0.15, -0.1) is 6.58 Å². The summed E-state index contributed by atoms with van der Waals surface area (Å²) in [5.41, 5.74) is 1.58. The standard InChI is InChI=1S/C38H41ClN4O6/c1-4-12-30(37(46)47-3)43-36(45)29(17-10-11-22-41-38(39)40)42-33(44)24-49-32-21-19-26-14-7-9-16-28(26)35(32)34-27-15-8-6-13-25(27)18-20-31(34)48-23-5-2/h4-9,13-16,18-21,29-30H,1-2,10-12,17,22-24H2,3H3,(H2,40,41)(H,42,44)(H,43,45)/t29-,30+/m1/s1. The van der Waals surface area contributed by atoms with Crippen LogP contribution in [-0.2, 0) is 19.1 Å². The lowest BCUT2D eigenvalue weighted by atomic mass is 9.92. The highest BCUT2D eigenvalue weighted by atomic mass is 35.5. The molecule has 0 aliphatic carbocycles. The molecule has 4 aromatic carbocycles. The highest BCUT2D eigenvalue weighted by Gasteiger charge is 2.27. The maximum atomic E-state index is 13.4. The van der Waals surface area contributed by atoms with Crippen LogP contribution in [0.2, 0.25) is 0 Å². The summed E-state index contributed by atoms with van der Waals surface area (Å²) in [5, 5.41) is 19.1. The molecule has 4 N–H and O–H groups in total. The SMILES string of the molecule is C=CCOc1ccc2ccccc2c1-c1c(OCC(=O)N[C@H](CCCCNC(=N)Cl)C(=O)N[C@@H](CC=C)C(=O)OC)ccc2ccccc12. The molecule has 4 rings (SSSR count). The molecule has 2 atom stereocenters. The van der Waals surface area contributed by atoms with Gasteiger partial charge in [0.2, 0.25) is 5.91 Å². The van der Waals surface area contributed by atoms with Gasteiger partial charge in [0.25, 0.3) is 5.91 Å². The van der Waals surface area contributed by atoms with Crippen LogP contribution in [0.25, 0.3) is 32.7 Å². The number of fused-ring (bicyclic) bond motifs is 2. The van der Waals surface area contributed by atoms with Gasteiger partial charge in [-0.25, -0.2) is 4.79 Å². The minimum atomic E-state index is -0.975. The molecule has 0 aliphatic rings. The van der Waals surface area contributed by atoms with Crippen LogP contribution in [0, 0.1) is 5.41 Å². The van der Waals surface area contributed by atoms with Gasteiger partial charge in [0.15, 0.2) is 11.9 Å². The van der Waals surface area contributed by atoms with Crippen molar-refractivity contribution < 1.29 is 28.6 Å². The summed E-state index contributed by atoms with van der Waals surface area (Å²) in [6, 6.07) is 21.6. The van der Waals surface area contributed by atoms with E-state index in [0.717, 1.165) is 32.7 Å². The van der Waals surface area contributed by atoms with Gasteiger partial charge in [0.05, 0.1) is 7.11 Å². The van der Waals surface area contributed by atoms with E-state index < -0.39 is 29.9 Å². The number of hydrogen-bond donors (Lipinski definition) is 4. The Morgan fingerprint density at radius 1 is 0.816 bits per heavy atom. The zero-order valence-corrected chi connectivity index (χ0v) is 28.2. The number of amides is 2. The summed E-state index contributed by atoms with van der Waals surface area (Å²) in [6.07, 6.45) is 4.70. The molecule has 0 aliphatic heterocycles. The molecule has 0 saturated carbocycles. The molecule has 0 unspecified atom stereocenters. The molecule has 0 bridgehead atoms. The van der Waals surface area contributed by atoms with Gasteiger partial charge in [0, 0.05) is 17.7 Å². The van der Waals surface area contributed by atoms with Crippen molar-refractivity contribution >= 4 is 56.2 Å². The lowest BCUT2D eigenvalue weighted by Crippen LogP contribution is -2.52. The number of rotatable bonds is 18. The number of carbonyl (C=O) groups is 3. The molecule has 0 saturated heterocycles. The lowest BCUT2D eigenvalue weighted by molar-refractivity contribution is -0.145. The van der Waals surface area contributed by atoms with Gasteiger partial charge in [-0.3, -0.25) is 15.0 Å². The Labute approximate surface area is 291 Å². The maximum absolute atomic E-state index is 13.4. The van der Waals surface area contributed by atoms with Crippen LogP contribution in [-0.4, -0.2) is 62.0 Å². The zero-order chi connectivity index (χ0) is 35.2. The smallest absolute Gasteiger partial charge is 0.328 e. The monoisotopic (exact) mass is 684 g/mol. The normalized spacial score (nSPS) is 12.0. The molecule has 11 heteroatoms. The molecule has 256 valence electrons. The number of ether oxygens (including phenoxy) is 3. The number of methoxy groups -OCH3 is 1. The Bertz CT molecular complexity index is 1830. The molecule has 0 aromatic heterocycles. The number of carbonyl (C=O) groups excluding carboxylic acids is 3. The summed E-state index contributed by atoms with van der Waals surface area (Å²) in [7, 11) is 1.23. The average molecular weight is 685 g/mol. The van der Waals surface area contributed by atoms with Gasteiger partial charge >= 0.3 is 5.97 Å². The summed E-state index contributed by atoms with van der Waals surface area (Å²) in [6.45, 7) is 7.78. The number of nitrogens with one attached hydrogen (secondary N) is 4. The summed E-state index contributed by atoms with van der Waals surface area (Å²) >= 11 is 5.57. The van der Waals surface area contributed by atoms with Crippen molar-refractivity contribution in [2.24, 2.45) is 0 Å². The molecule has 0 radical (unpaired) electrons. The van der Waals surface area contributed by atoms with Gasteiger partial charge in [-0.2, -0.15) is 0 Å². The Hall–Kier alpha value is -5.35. The van der Waals surface area contributed by atoms with E-state index in [1.54, 1.807) is 6.08 Å². The van der Waals surface area contributed by atoms with Gasteiger partial charge in [-0.1, -0.05) is 79.4 Å². The number of hydrogen-bond acceptors (Lipinski definition) is 7. The number of amidine groups is 1. The van der Waals surface area contributed by atoms with Crippen molar-refractivity contribution in [3.63, 3.8) is 0 Å². The fourth-order valence-corrected chi connectivity index (χ4v) is 5.62. The highest BCUT2D eigenvalue weighted by molar-refractivity contribution is 6.63. The van der Waals surface area contributed by atoms with E-state index in [4.69, 9.17) is 31.2 Å².